The summed E-state index contributed by atoms with van der Waals surface area (Å²) >= 11 is 5.84. The maximum atomic E-state index is 12.8. The van der Waals surface area contributed by atoms with Crippen LogP contribution in [0.15, 0.2) is 39.8 Å². The van der Waals surface area contributed by atoms with E-state index in [1.54, 1.807) is 28.6 Å². The van der Waals surface area contributed by atoms with Crippen molar-refractivity contribution in [1.82, 2.24) is 14.4 Å². The zero-order valence-corrected chi connectivity index (χ0v) is 15.1. The predicted octanol–water partition coefficient (Wildman–Crippen LogP) is 2.53. The molecule has 8 heteroatoms. The Morgan fingerprint density at radius 3 is 2.58 bits per heavy atom. The molecule has 0 spiro atoms. The van der Waals surface area contributed by atoms with Gasteiger partial charge in [0.1, 0.15) is 5.76 Å². The lowest BCUT2D eigenvalue weighted by atomic mass is 10.3. The quantitative estimate of drug-likeness (QED) is 0.828. The molecule has 6 nitrogen and oxygen atoms in total. The maximum Gasteiger partial charge on any atom is 0.243 e. The molecule has 24 heavy (non-hydrogen) atoms. The van der Waals surface area contributed by atoms with E-state index >= 15 is 0 Å². The average Bonchev–Trinajstić information content (AvgIpc) is 2.81. The standard InChI is InChI=1S/C16H20ClN3O3S/c1-13-11-15(18-23-13)12-19-7-2-8-20(10-9-19)24(21,22)16-5-3-14(17)4-6-16/h3-6,11H,2,7-10,12H2,1H3. The fraction of sp³-hybridized carbons (Fsp3) is 0.438. The van der Waals surface area contributed by atoms with Crippen molar-refractivity contribution in [2.24, 2.45) is 0 Å². The monoisotopic (exact) mass is 369 g/mol. The molecule has 1 aromatic carbocycles. The number of nitrogens with zero attached hydrogens (tertiary/aromatic N) is 3. The minimum atomic E-state index is -3.48. The Labute approximate surface area is 147 Å². The molecule has 0 unspecified atom stereocenters. The molecular weight excluding hydrogens is 350 g/mol. The molecule has 1 saturated heterocycles. The highest BCUT2D eigenvalue weighted by molar-refractivity contribution is 7.89. The van der Waals surface area contributed by atoms with Gasteiger partial charge >= 0.3 is 0 Å². The van der Waals surface area contributed by atoms with Crippen LogP contribution in [0.4, 0.5) is 0 Å². The molecule has 0 radical (unpaired) electrons. The summed E-state index contributed by atoms with van der Waals surface area (Å²) in [5.41, 5.74) is 0.876. The molecule has 0 amide bonds. The van der Waals surface area contributed by atoms with Crippen molar-refractivity contribution >= 4 is 21.6 Å². The highest BCUT2D eigenvalue weighted by Gasteiger charge is 2.27. The molecule has 0 N–H and O–H groups in total. The third-order valence-electron chi connectivity index (χ3n) is 4.06. The largest absolute Gasteiger partial charge is 0.361 e. The fourth-order valence-corrected chi connectivity index (χ4v) is 4.42. The lowest BCUT2D eigenvalue weighted by Crippen LogP contribution is -2.35. The molecule has 1 fully saturated rings. The SMILES string of the molecule is Cc1cc(CN2CCCN(S(=O)(=O)c3ccc(Cl)cc3)CC2)no1. The number of aromatic nitrogens is 1. The van der Waals surface area contributed by atoms with Gasteiger partial charge in [-0.3, -0.25) is 4.90 Å². The summed E-state index contributed by atoms with van der Waals surface area (Å²) in [6.45, 7) is 5.00. The Balaban J connectivity index is 1.67. The number of sulfonamides is 1. The summed E-state index contributed by atoms with van der Waals surface area (Å²) < 4.78 is 32.1. The number of rotatable bonds is 4. The molecule has 1 aliphatic heterocycles. The fourth-order valence-electron chi connectivity index (χ4n) is 2.82. The van der Waals surface area contributed by atoms with Crippen molar-refractivity contribution in [3.05, 3.63) is 46.8 Å². The molecule has 1 aromatic heterocycles. The summed E-state index contributed by atoms with van der Waals surface area (Å²) in [4.78, 5) is 2.49. The minimum absolute atomic E-state index is 0.285. The molecule has 1 aliphatic rings. The van der Waals surface area contributed by atoms with E-state index in [1.807, 2.05) is 13.0 Å². The number of benzene rings is 1. The summed E-state index contributed by atoms with van der Waals surface area (Å²) in [6.07, 6.45) is 0.781. The van der Waals surface area contributed by atoms with Crippen molar-refractivity contribution in [3.8, 4) is 0 Å². The average molecular weight is 370 g/mol. The topological polar surface area (TPSA) is 66.7 Å². The van der Waals surface area contributed by atoms with E-state index in [2.05, 4.69) is 10.1 Å². The van der Waals surface area contributed by atoms with Gasteiger partial charge in [0.15, 0.2) is 0 Å². The molecule has 2 aromatic rings. The van der Waals surface area contributed by atoms with Crippen molar-refractivity contribution in [2.45, 2.75) is 24.8 Å². The summed E-state index contributed by atoms with van der Waals surface area (Å²) in [5.74, 6) is 0.784. The Bertz CT molecular complexity index is 789. The molecule has 0 aliphatic carbocycles. The van der Waals surface area contributed by atoms with Crippen LogP contribution >= 0.6 is 11.6 Å². The summed E-state index contributed by atoms with van der Waals surface area (Å²) in [7, 11) is -3.48. The second-order valence-electron chi connectivity index (χ2n) is 5.92. The van der Waals surface area contributed by atoms with E-state index in [-0.39, 0.29) is 4.90 Å². The van der Waals surface area contributed by atoms with Gasteiger partial charge in [0, 0.05) is 37.3 Å². The second-order valence-corrected chi connectivity index (χ2v) is 8.29. The van der Waals surface area contributed by atoms with Gasteiger partial charge in [0.05, 0.1) is 10.6 Å². The van der Waals surface area contributed by atoms with Gasteiger partial charge in [-0.2, -0.15) is 4.31 Å². The van der Waals surface area contributed by atoms with Crippen molar-refractivity contribution < 1.29 is 12.9 Å². The number of halogens is 1. The van der Waals surface area contributed by atoms with E-state index in [4.69, 9.17) is 16.1 Å². The van der Waals surface area contributed by atoms with E-state index in [1.165, 1.54) is 0 Å². The van der Waals surface area contributed by atoms with Gasteiger partial charge in [-0.15, -0.1) is 0 Å². The molecular formula is C16H20ClN3O3S. The lowest BCUT2D eigenvalue weighted by Gasteiger charge is -2.21. The molecule has 0 atom stereocenters. The van der Waals surface area contributed by atoms with Crippen LogP contribution in [0, 0.1) is 6.92 Å². The highest BCUT2D eigenvalue weighted by Crippen LogP contribution is 2.20. The smallest absolute Gasteiger partial charge is 0.243 e. The normalized spacial score (nSPS) is 17.8. The Hall–Kier alpha value is -1.41. The summed E-state index contributed by atoms with van der Waals surface area (Å²) in [5, 5.41) is 4.53. The number of aryl methyl sites for hydroxylation is 1. The number of hydrogen-bond donors (Lipinski definition) is 0. The van der Waals surface area contributed by atoms with Crippen LogP contribution in [-0.4, -0.2) is 49.0 Å². The first kappa shape index (κ1) is 17.4. The molecule has 0 bridgehead atoms. The first-order chi connectivity index (χ1) is 11.4. The van der Waals surface area contributed by atoms with Crippen LogP contribution in [0.1, 0.15) is 17.9 Å². The van der Waals surface area contributed by atoms with Gasteiger partial charge in [0.25, 0.3) is 0 Å². The van der Waals surface area contributed by atoms with Gasteiger partial charge in [-0.25, -0.2) is 8.42 Å². The van der Waals surface area contributed by atoms with E-state index in [9.17, 15) is 8.42 Å². The van der Waals surface area contributed by atoms with Crippen molar-refractivity contribution in [2.75, 3.05) is 26.2 Å². The summed E-state index contributed by atoms with van der Waals surface area (Å²) in [6, 6.07) is 8.22. The van der Waals surface area contributed by atoms with Crippen molar-refractivity contribution in [3.63, 3.8) is 0 Å². The van der Waals surface area contributed by atoms with Crippen LogP contribution in [0.2, 0.25) is 5.02 Å². The highest BCUT2D eigenvalue weighted by atomic mass is 35.5. The van der Waals surface area contributed by atoms with Crippen LogP contribution in [0.3, 0.4) is 0 Å². The van der Waals surface area contributed by atoms with E-state index < -0.39 is 10.0 Å². The van der Waals surface area contributed by atoms with E-state index in [0.717, 1.165) is 24.4 Å². The third kappa shape index (κ3) is 3.97. The second kappa shape index (κ2) is 7.23. The van der Waals surface area contributed by atoms with Crippen LogP contribution in [-0.2, 0) is 16.6 Å². The van der Waals surface area contributed by atoms with Crippen LogP contribution in [0.25, 0.3) is 0 Å². The van der Waals surface area contributed by atoms with Crippen LogP contribution in [0.5, 0.6) is 0 Å². The Morgan fingerprint density at radius 1 is 1.17 bits per heavy atom. The Kier molecular flexibility index (Phi) is 5.24. The van der Waals surface area contributed by atoms with Gasteiger partial charge < -0.3 is 4.52 Å². The minimum Gasteiger partial charge on any atom is -0.361 e. The lowest BCUT2D eigenvalue weighted by molar-refractivity contribution is 0.268. The first-order valence-electron chi connectivity index (χ1n) is 7.85. The zero-order valence-electron chi connectivity index (χ0n) is 13.5. The molecule has 3 rings (SSSR count). The van der Waals surface area contributed by atoms with Crippen molar-refractivity contribution in [1.29, 1.82) is 0 Å². The Morgan fingerprint density at radius 2 is 1.92 bits per heavy atom. The van der Waals surface area contributed by atoms with Crippen LogP contribution < -0.4 is 0 Å². The predicted molar refractivity (Wildman–Crippen MR) is 91.3 cm³/mol. The van der Waals surface area contributed by atoms with Gasteiger partial charge in [0.2, 0.25) is 10.0 Å². The molecule has 130 valence electrons. The molecule has 0 saturated carbocycles. The first-order valence-corrected chi connectivity index (χ1v) is 9.67. The van der Waals surface area contributed by atoms with E-state index in [0.29, 0.717) is 31.2 Å². The maximum absolute atomic E-state index is 12.8. The molecule has 2 heterocycles. The van der Waals surface area contributed by atoms with Gasteiger partial charge in [-0.1, -0.05) is 16.8 Å². The zero-order chi connectivity index (χ0) is 17.2. The third-order valence-corrected chi connectivity index (χ3v) is 6.23. The number of hydrogen-bond acceptors (Lipinski definition) is 5. The van der Waals surface area contributed by atoms with Gasteiger partial charge in [-0.05, 0) is 44.2 Å².